The summed E-state index contributed by atoms with van der Waals surface area (Å²) in [7, 11) is 0. The van der Waals surface area contributed by atoms with Crippen LogP contribution in [-0.2, 0) is 9.59 Å². The molecule has 0 fully saturated rings. The molecular weight excluding hydrogens is 376 g/mol. The van der Waals surface area contributed by atoms with Crippen molar-refractivity contribution in [3.8, 4) is 0 Å². The minimum Gasteiger partial charge on any atom is -0.481 e. The van der Waals surface area contributed by atoms with E-state index in [9.17, 15) is 9.59 Å². The van der Waals surface area contributed by atoms with Crippen molar-refractivity contribution >= 4 is 11.9 Å². The minimum atomic E-state index is -0.668. The highest BCUT2D eigenvalue weighted by atomic mass is 16.4. The summed E-state index contributed by atoms with van der Waals surface area (Å²) >= 11 is 0. The molecule has 176 valence electrons. The van der Waals surface area contributed by atoms with Crippen molar-refractivity contribution in [2.45, 2.75) is 141 Å². The van der Waals surface area contributed by atoms with Crippen LogP contribution in [-0.4, -0.2) is 22.2 Å². The van der Waals surface area contributed by atoms with Gasteiger partial charge in [0.25, 0.3) is 0 Å². The zero-order valence-electron chi connectivity index (χ0n) is 19.4. The maximum atomic E-state index is 10.4. The van der Waals surface area contributed by atoms with E-state index < -0.39 is 11.9 Å². The fraction of sp³-hybridized carbons (Fsp3) is 0.846. The molecule has 0 aromatic rings. The number of hydrogen-bond donors (Lipinski definition) is 2. The van der Waals surface area contributed by atoms with Gasteiger partial charge < -0.3 is 10.2 Å². The lowest BCUT2D eigenvalue weighted by Crippen LogP contribution is -1.93. The van der Waals surface area contributed by atoms with E-state index in [-0.39, 0.29) is 0 Å². The van der Waals surface area contributed by atoms with Gasteiger partial charge in [0.1, 0.15) is 0 Å². The second-order valence-electron chi connectivity index (χ2n) is 8.70. The number of unbranched alkanes of at least 4 members (excludes halogenated alkanes) is 18. The fourth-order valence-electron chi connectivity index (χ4n) is 3.79. The lowest BCUT2D eigenvalue weighted by molar-refractivity contribution is -0.138. The molecule has 0 radical (unpaired) electrons. The van der Waals surface area contributed by atoms with Gasteiger partial charge in [-0.25, -0.2) is 0 Å². The van der Waals surface area contributed by atoms with Gasteiger partial charge in [-0.15, -0.1) is 0 Å². The maximum Gasteiger partial charge on any atom is 0.303 e. The van der Waals surface area contributed by atoms with Gasteiger partial charge in [-0.1, -0.05) is 102 Å². The highest BCUT2D eigenvalue weighted by Gasteiger charge is 1.97. The summed E-state index contributed by atoms with van der Waals surface area (Å²) in [5.74, 6) is -1.34. The quantitative estimate of drug-likeness (QED) is 0.121. The third-order valence-corrected chi connectivity index (χ3v) is 5.69. The largest absolute Gasteiger partial charge is 0.481 e. The van der Waals surface area contributed by atoms with Crippen molar-refractivity contribution in [1.29, 1.82) is 0 Å². The summed E-state index contributed by atoms with van der Waals surface area (Å²) in [6.07, 6.45) is 29.7. The first-order valence-corrected chi connectivity index (χ1v) is 12.7. The highest BCUT2D eigenvalue weighted by Crippen LogP contribution is 2.13. The van der Waals surface area contributed by atoms with Crippen molar-refractivity contribution < 1.29 is 19.8 Å². The summed E-state index contributed by atoms with van der Waals surface area (Å²) in [6.45, 7) is 0. The Balaban J connectivity index is 3.10. The summed E-state index contributed by atoms with van der Waals surface area (Å²) in [5, 5.41) is 17.2. The summed E-state index contributed by atoms with van der Waals surface area (Å²) in [4.78, 5) is 20.8. The zero-order chi connectivity index (χ0) is 22.1. The Kier molecular flexibility index (Phi) is 22.9. The topological polar surface area (TPSA) is 74.6 Å². The van der Waals surface area contributed by atoms with Crippen LogP contribution in [0.15, 0.2) is 12.2 Å². The van der Waals surface area contributed by atoms with Crippen LogP contribution in [0.3, 0.4) is 0 Å². The van der Waals surface area contributed by atoms with Crippen LogP contribution in [0.2, 0.25) is 0 Å². The predicted molar refractivity (Wildman–Crippen MR) is 126 cm³/mol. The van der Waals surface area contributed by atoms with Gasteiger partial charge in [-0.2, -0.15) is 0 Å². The molecule has 0 aliphatic rings. The van der Waals surface area contributed by atoms with Crippen LogP contribution >= 0.6 is 0 Å². The molecule has 0 spiro atoms. The number of rotatable bonds is 24. The molecular formula is C26H48O4. The van der Waals surface area contributed by atoms with Gasteiger partial charge in [0.15, 0.2) is 0 Å². The Morgan fingerprint density at radius 3 is 0.900 bits per heavy atom. The normalized spacial score (nSPS) is 11.3. The third kappa shape index (κ3) is 26.7. The highest BCUT2D eigenvalue weighted by molar-refractivity contribution is 5.66. The van der Waals surface area contributed by atoms with E-state index in [1.54, 1.807) is 0 Å². The molecule has 0 aliphatic heterocycles. The van der Waals surface area contributed by atoms with E-state index in [1.165, 1.54) is 103 Å². The Morgan fingerprint density at radius 2 is 0.633 bits per heavy atom. The summed E-state index contributed by atoms with van der Waals surface area (Å²) < 4.78 is 0. The molecule has 0 amide bonds. The van der Waals surface area contributed by atoms with E-state index in [0.717, 1.165) is 25.7 Å². The first-order chi connectivity index (χ1) is 14.6. The van der Waals surface area contributed by atoms with Crippen molar-refractivity contribution in [1.82, 2.24) is 0 Å². The van der Waals surface area contributed by atoms with Gasteiger partial charge in [0.05, 0.1) is 0 Å². The van der Waals surface area contributed by atoms with E-state index >= 15 is 0 Å². The number of carboxylic acid groups (broad SMARTS) is 2. The van der Waals surface area contributed by atoms with Crippen molar-refractivity contribution in [2.24, 2.45) is 0 Å². The fourth-order valence-corrected chi connectivity index (χ4v) is 3.79. The Morgan fingerprint density at radius 1 is 0.400 bits per heavy atom. The monoisotopic (exact) mass is 424 g/mol. The molecule has 0 bridgehead atoms. The number of hydrogen-bond acceptors (Lipinski definition) is 2. The van der Waals surface area contributed by atoms with Crippen LogP contribution in [0.25, 0.3) is 0 Å². The van der Waals surface area contributed by atoms with E-state index in [0.29, 0.717) is 12.8 Å². The molecule has 0 atom stereocenters. The lowest BCUT2D eigenvalue weighted by atomic mass is 10.0. The minimum absolute atomic E-state index is 0.326. The first-order valence-electron chi connectivity index (χ1n) is 12.7. The van der Waals surface area contributed by atoms with Gasteiger partial charge in [-0.3, -0.25) is 9.59 Å². The molecule has 2 N–H and O–H groups in total. The molecule has 4 nitrogen and oxygen atoms in total. The molecule has 0 aromatic heterocycles. The van der Waals surface area contributed by atoms with Gasteiger partial charge in [0.2, 0.25) is 0 Å². The average molecular weight is 425 g/mol. The Labute approximate surface area is 185 Å². The standard InChI is InChI=1S/C26H48O4/c27-25(28)23-21-19-17-15-13-11-9-7-5-3-1-2-4-6-8-10-12-14-16-18-20-22-24-26(29)30/h1-2H,3-24H2,(H,27,28)(H,29,30). The number of carbonyl (C=O) groups is 2. The number of carboxylic acids is 2. The van der Waals surface area contributed by atoms with Crippen LogP contribution in [0.1, 0.15) is 141 Å². The third-order valence-electron chi connectivity index (χ3n) is 5.69. The second-order valence-corrected chi connectivity index (χ2v) is 8.70. The summed E-state index contributed by atoms with van der Waals surface area (Å²) in [6, 6.07) is 0. The molecule has 0 heterocycles. The predicted octanol–water partition coefficient (Wildman–Crippen LogP) is 8.29. The molecule has 0 unspecified atom stereocenters. The summed E-state index contributed by atoms with van der Waals surface area (Å²) in [5.41, 5.74) is 0. The lowest BCUT2D eigenvalue weighted by Gasteiger charge is -2.02. The maximum absolute atomic E-state index is 10.4. The second kappa shape index (κ2) is 24.0. The molecule has 0 aromatic carbocycles. The van der Waals surface area contributed by atoms with Crippen molar-refractivity contribution in [2.75, 3.05) is 0 Å². The molecule has 0 rings (SSSR count). The Bertz CT molecular complexity index is 379. The van der Waals surface area contributed by atoms with Gasteiger partial charge in [-0.05, 0) is 38.5 Å². The molecule has 0 aliphatic carbocycles. The molecule has 0 saturated carbocycles. The van der Waals surface area contributed by atoms with Crippen molar-refractivity contribution in [3.63, 3.8) is 0 Å². The Hall–Kier alpha value is -1.32. The van der Waals surface area contributed by atoms with Crippen LogP contribution in [0.4, 0.5) is 0 Å². The molecule has 0 saturated heterocycles. The molecule has 30 heavy (non-hydrogen) atoms. The first kappa shape index (κ1) is 28.7. The van der Waals surface area contributed by atoms with Gasteiger partial charge in [0, 0.05) is 12.8 Å². The van der Waals surface area contributed by atoms with E-state index in [1.807, 2.05) is 0 Å². The molecule has 4 heteroatoms. The SMILES string of the molecule is O=C(O)CCCCCCCCCCCC=CCCCCCCCCCCCC(=O)O. The van der Waals surface area contributed by atoms with E-state index in [4.69, 9.17) is 10.2 Å². The van der Waals surface area contributed by atoms with Crippen molar-refractivity contribution in [3.05, 3.63) is 12.2 Å². The van der Waals surface area contributed by atoms with Crippen LogP contribution < -0.4 is 0 Å². The number of allylic oxidation sites excluding steroid dienone is 2. The van der Waals surface area contributed by atoms with Crippen LogP contribution in [0, 0.1) is 0 Å². The van der Waals surface area contributed by atoms with E-state index in [2.05, 4.69) is 12.2 Å². The van der Waals surface area contributed by atoms with Gasteiger partial charge >= 0.3 is 11.9 Å². The number of aliphatic carboxylic acids is 2. The average Bonchev–Trinajstić information content (AvgIpc) is 2.70. The zero-order valence-corrected chi connectivity index (χ0v) is 19.4. The smallest absolute Gasteiger partial charge is 0.303 e. The van der Waals surface area contributed by atoms with Crippen LogP contribution in [0.5, 0.6) is 0 Å².